The highest BCUT2D eigenvalue weighted by atomic mass is 16.5. The van der Waals surface area contributed by atoms with Gasteiger partial charge in [-0.1, -0.05) is 144 Å². The van der Waals surface area contributed by atoms with E-state index < -0.39 is 23.9 Å². The molecule has 0 saturated heterocycles. The van der Waals surface area contributed by atoms with Gasteiger partial charge in [0.15, 0.2) is 0 Å². The number of hydrogen-bond acceptors (Lipinski definition) is 14. The molecule has 5 rings (SSSR count). The maximum atomic E-state index is 13.2. The van der Waals surface area contributed by atoms with Gasteiger partial charge >= 0.3 is 23.9 Å². The Kier molecular flexibility index (Phi) is 32.8. The molecule has 4 aromatic rings. The number of carbonyl (C=O) groups excluding carboxylic acids is 6. The van der Waals surface area contributed by atoms with E-state index in [0.717, 1.165) is 185 Å². The maximum Gasteiger partial charge on any atom is 0.330 e. The lowest BCUT2D eigenvalue weighted by Gasteiger charge is -2.25. The van der Waals surface area contributed by atoms with Crippen molar-refractivity contribution in [1.29, 1.82) is 0 Å². The molecule has 14 nitrogen and oxygen atoms in total. The van der Waals surface area contributed by atoms with Crippen molar-refractivity contribution < 1.29 is 66.7 Å². The first-order chi connectivity index (χ1) is 42.7. The van der Waals surface area contributed by atoms with Crippen LogP contribution in [0.4, 0.5) is 0 Å². The summed E-state index contributed by atoms with van der Waals surface area (Å²) in [5, 5.41) is 0. The Morgan fingerprint density at radius 2 is 0.557 bits per heavy atom. The number of ketones is 2. The van der Waals surface area contributed by atoms with Crippen LogP contribution < -0.4 is 18.9 Å². The number of esters is 4. The molecule has 1 aliphatic carbocycles. The normalized spacial score (nSPS) is 11.7. The Bertz CT molecular complexity index is 2720. The molecule has 0 unspecified atom stereocenters. The number of fused-ring (bicyclic) bond motifs is 8. The van der Waals surface area contributed by atoms with E-state index in [-0.39, 0.29) is 76.5 Å². The molecule has 8 bridgehead atoms. The van der Waals surface area contributed by atoms with Gasteiger partial charge in [-0.25, -0.2) is 9.59 Å². The average molecular weight is 1210 g/mol. The summed E-state index contributed by atoms with van der Waals surface area (Å²) in [6.07, 6.45) is 22.9. The van der Waals surface area contributed by atoms with Crippen LogP contribution in [0.15, 0.2) is 73.8 Å². The molecule has 4 aromatic carbocycles. The average Bonchev–Trinajstić information content (AvgIpc) is 3.02. The van der Waals surface area contributed by atoms with Crippen LogP contribution in [-0.2, 0) is 99.8 Å². The summed E-state index contributed by atoms with van der Waals surface area (Å²) in [5.41, 5.74) is 9.06. The van der Waals surface area contributed by atoms with E-state index in [9.17, 15) is 28.8 Å². The summed E-state index contributed by atoms with van der Waals surface area (Å²) < 4.78 is 51.7. The topological polar surface area (TPSA) is 176 Å². The fourth-order valence-corrected chi connectivity index (χ4v) is 11.0. The second-order valence-electron chi connectivity index (χ2n) is 23.4. The summed E-state index contributed by atoms with van der Waals surface area (Å²) in [7, 11) is 0. The molecular weight excluding hydrogens is 1110 g/mol. The standard InChI is InChI=1S/C74H100O14/c1-9-15-19-23-27-31-81-71-59-37-55(49-85-67(77)13-5)39-61(71)46-63-41-57(51-87-69(79)35-53(7)75)43-65(73(63)83-33-29-25-21-17-11-3)48-66-44-58(52-88-70(80)36-54(8)76)42-64(74(66)84-34-30-26-22-18-12-4)47-62-40-56(50-86-68(78)14-6)38-60(45-59)72(62)82-32-28-24-20-16-10-2/h13-14,37-44H,5-6,9-12,15-36,45-52H2,1-4,7-8H3. The van der Waals surface area contributed by atoms with Crippen molar-refractivity contribution in [2.75, 3.05) is 26.4 Å². The summed E-state index contributed by atoms with van der Waals surface area (Å²) in [6, 6.07) is 16.0. The summed E-state index contributed by atoms with van der Waals surface area (Å²) in [4.78, 5) is 76.4. The van der Waals surface area contributed by atoms with Gasteiger partial charge in [0, 0.05) is 37.8 Å². The second kappa shape index (κ2) is 40.3. The third-order valence-electron chi connectivity index (χ3n) is 15.4. The van der Waals surface area contributed by atoms with Gasteiger partial charge in [-0.3, -0.25) is 19.2 Å². The lowest BCUT2D eigenvalue weighted by Crippen LogP contribution is -2.13. The van der Waals surface area contributed by atoms with E-state index in [2.05, 4.69) is 40.9 Å². The van der Waals surface area contributed by atoms with Gasteiger partial charge in [0.25, 0.3) is 0 Å². The van der Waals surface area contributed by atoms with Gasteiger partial charge in [0.05, 0.1) is 26.4 Å². The number of carbonyl (C=O) groups is 6. The highest BCUT2D eigenvalue weighted by Gasteiger charge is 2.26. The molecule has 1 aliphatic rings. The molecule has 0 aliphatic heterocycles. The molecule has 0 fully saturated rings. The van der Waals surface area contributed by atoms with Gasteiger partial charge in [-0.05, 0) is 155 Å². The molecule has 0 radical (unpaired) electrons. The smallest absolute Gasteiger partial charge is 0.330 e. The Balaban J connectivity index is 1.95. The molecule has 0 atom stereocenters. The second-order valence-corrected chi connectivity index (χ2v) is 23.4. The predicted octanol–water partition coefficient (Wildman–Crippen LogP) is 16.3. The zero-order valence-electron chi connectivity index (χ0n) is 53.9. The molecular formula is C74H100O14. The third kappa shape index (κ3) is 25.5. The van der Waals surface area contributed by atoms with Gasteiger partial charge in [-0.15, -0.1) is 0 Å². The number of hydrogen-bond donors (Lipinski definition) is 0. The van der Waals surface area contributed by atoms with Crippen LogP contribution in [0.5, 0.6) is 23.0 Å². The lowest BCUT2D eigenvalue weighted by atomic mass is 9.88. The molecule has 480 valence electrons. The highest BCUT2D eigenvalue weighted by Crippen LogP contribution is 2.42. The van der Waals surface area contributed by atoms with Crippen molar-refractivity contribution >= 4 is 35.4 Å². The number of ether oxygens (including phenoxy) is 8. The number of Topliss-reactive ketones (excluding diaryl/α,β-unsaturated/α-hetero) is 2. The van der Waals surface area contributed by atoms with E-state index in [0.29, 0.717) is 71.7 Å². The minimum Gasteiger partial charge on any atom is -0.493 e. The van der Waals surface area contributed by atoms with E-state index in [4.69, 9.17) is 37.9 Å². The Labute approximate surface area is 524 Å². The maximum absolute atomic E-state index is 13.2. The molecule has 0 heterocycles. The minimum atomic E-state index is -0.644. The van der Waals surface area contributed by atoms with Crippen LogP contribution in [-0.4, -0.2) is 61.9 Å². The molecule has 0 aromatic heterocycles. The monoisotopic (exact) mass is 1210 g/mol. The third-order valence-corrected chi connectivity index (χ3v) is 15.4. The van der Waals surface area contributed by atoms with Crippen LogP contribution in [0.3, 0.4) is 0 Å². The summed E-state index contributed by atoms with van der Waals surface area (Å²) in [5.74, 6) is -0.455. The largest absolute Gasteiger partial charge is 0.493 e. The molecule has 0 N–H and O–H groups in total. The molecule has 88 heavy (non-hydrogen) atoms. The zero-order valence-corrected chi connectivity index (χ0v) is 53.9. The van der Waals surface area contributed by atoms with Crippen LogP contribution in [0.2, 0.25) is 0 Å². The van der Waals surface area contributed by atoms with Crippen molar-refractivity contribution in [3.8, 4) is 23.0 Å². The SMILES string of the molecule is C=CC(=O)OCc1cc2c(OCCCCCCC)c(c1)Cc1cc(COC(=O)CC(C)=O)cc(c1OCCCCCCC)Cc1cc(COC(=O)CC(C)=O)cc(c1OCCCCCCC)Cc1cc(COC(=O)C=C)cc(c1OCCCCCCC)C2. The molecule has 0 amide bonds. The van der Waals surface area contributed by atoms with E-state index >= 15 is 0 Å². The summed E-state index contributed by atoms with van der Waals surface area (Å²) >= 11 is 0. The highest BCUT2D eigenvalue weighted by molar-refractivity contribution is 5.94. The van der Waals surface area contributed by atoms with Gasteiger partial charge < -0.3 is 37.9 Å². The van der Waals surface area contributed by atoms with Crippen LogP contribution in [0.1, 0.15) is 250 Å². The molecule has 0 saturated carbocycles. The lowest BCUT2D eigenvalue weighted by molar-refractivity contribution is -0.148. The van der Waals surface area contributed by atoms with E-state index in [1.54, 1.807) is 0 Å². The molecule has 0 spiro atoms. The Hall–Kier alpha value is -7.22. The van der Waals surface area contributed by atoms with Crippen LogP contribution >= 0.6 is 0 Å². The first kappa shape index (κ1) is 71.5. The van der Waals surface area contributed by atoms with Gasteiger partial charge in [-0.2, -0.15) is 0 Å². The quantitative estimate of drug-likeness (QED) is 0.0119. The minimum absolute atomic E-state index is 0.0625. The number of benzene rings is 4. The zero-order chi connectivity index (χ0) is 63.5. The fourth-order valence-electron chi connectivity index (χ4n) is 11.0. The summed E-state index contributed by atoms with van der Waals surface area (Å²) in [6.45, 7) is 20.1. The van der Waals surface area contributed by atoms with Gasteiger partial charge in [0.1, 0.15) is 73.8 Å². The van der Waals surface area contributed by atoms with Crippen LogP contribution in [0.25, 0.3) is 0 Å². The van der Waals surface area contributed by atoms with Crippen molar-refractivity contribution in [3.05, 3.63) is 141 Å². The first-order valence-corrected chi connectivity index (χ1v) is 32.7. The predicted molar refractivity (Wildman–Crippen MR) is 344 cm³/mol. The number of unbranched alkanes of at least 4 members (excludes halogenated alkanes) is 16. The van der Waals surface area contributed by atoms with Crippen molar-refractivity contribution in [2.24, 2.45) is 0 Å². The van der Waals surface area contributed by atoms with Crippen LogP contribution in [0, 0.1) is 0 Å². The van der Waals surface area contributed by atoms with E-state index in [1.807, 2.05) is 48.5 Å². The van der Waals surface area contributed by atoms with Gasteiger partial charge in [0.2, 0.25) is 0 Å². The molecule has 14 heteroatoms. The Morgan fingerprint density at radius 3 is 0.761 bits per heavy atom. The van der Waals surface area contributed by atoms with Crippen molar-refractivity contribution in [1.82, 2.24) is 0 Å². The first-order valence-electron chi connectivity index (χ1n) is 32.7. The van der Waals surface area contributed by atoms with E-state index in [1.165, 1.54) is 13.8 Å². The number of rotatable bonds is 42. The Morgan fingerprint density at radius 1 is 0.341 bits per heavy atom. The van der Waals surface area contributed by atoms with Crippen molar-refractivity contribution in [3.63, 3.8) is 0 Å². The fraction of sp³-hybridized carbons (Fsp3) is 0.541. The van der Waals surface area contributed by atoms with Crippen molar-refractivity contribution in [2.45, 2.75) is 235 Å².